The van der Waals surface area contributed by atoms with Crippen molar-refractivity contribution < 1.29 is 14.3 Å². The Morgan fingerprint density at radius 2 is 1.70 bits per heavy atom. The molecule has 4 nitrogen and oxygen atoms in total. The molecule has 0 spiro atoms. The molecule has 2 amide bonds. The number of thioether (sulfide) groups is 1. The van der Waals surface area contributed by atoms with Gasteiger partial charge in [0, 0.05) is 21.2 Å². The minimum atomic E-state index is -0.395. The molecule has 30 heavy (non-hydrogen) atoms. The van der Waals surface area contributed by atoms with Gasteiger partial charge in [0.2, 0.25) is 0 Å². The molecule has 3 aromatic carbocycles. The van der Waals surface area contributed by atoms with Crippen LogP contribution in [0.5, 0.6) is 5.75 Å². The summed E-state index contributed by atoms with van der Waals surface area (Å²) in [5, 5.41) is 0.703. The van der Waals surface area contributed by atoms with Gasteiger partial charge < -0.3 is 4.74 Å². The van der Waals surface area contributed by atoms with Crippen molar-refractivity contribution in [1.29, 1.82) is 0 Å². The summed E-state index contributed by atoms with van der Waals surface area (Å²) in [5.41, 5.74) is 1.99. The molecule has 0 N–H and O–H groups in total. The Bertz CT molecular complexity index is 1160. The standard InChI is InChI=1S/C23H15Cl2NO3S/c24-17-8-5-9-18(13-17)26-22(27)21(30-23(26)28)12-15-6-2-4-11-20(15)29-14-16-7-1-3-10-19(16)25/h1-13H,14H2/b21-12-. The molecule has 0 bridgehead atoms. The molecule has 1 fully saturated rings. The van der Waals surface area contributed by atoms with E-state index in [1.54, 1.807) is 36.4 Å². The number of carbonyl (C=O) groups is 2. The summed E-state index contributed by atoms with van der Waals surface area (Å²) < 4.78 is 5.94. The highest BCUT2D eigenvalue weighted by molar-refractivity contribution is 8.19. The van der Waals surface area contributed by atoms with Gasteiger partial charge in [0.15, 0.2) is 0 Å². The van der Waals surface area contributed by atoms with Crippen LogP contribution in [0.25, 0.3) is 6.08 Å². The Labute approximate surface area is 188 Å². The zero-order chi connectivity index (χ0) is 21.1. The van der Waals surface area contributed by atoms with E-state index in [4.69, 9.17) is 27.9 Å². The third-order valence-electron chi connectivity index (χ3n) is 4.41. The highest BCUT2D eigenvalue weighted by Gasteiger charge is 2.36. The van der Waals surface area contributed by atoms with Crippen LogP contribution in [-0.2, 0) is 11.4 Å². The van der Waals surface area contributed by atoms with Crippen LogP contribution in [0.3, 0.4) is 0 Å². The lowest BCUT2D eigenvalue weighted by molar-refractivity contribution is -0.113. The highest BCUT2D eigenvalue weighted by Crippen LogP contribution is 2.37. The molecule has 3 aromatic rings. The van der Waals surface area contributed by atoms with Crippen LogP contribution < -0.4 is 9.64 Å². The van der Waals surface area contributed by atoms with Gasteiger partial charge in [-0.15, -0.1) is 0 Å². The fourth-order valence-corrected chi connectivity index (χ4v) is 4.16. The topological polar surface area (TPSA) is 46.6 Å². The number of para-hydroxylation sites is 1. The highest BCUT2D eigenvalue weighted by atomic mass is 35.5. The average Bonchev–Trinajstić information content (AvgIpc) is 3.01. The van der Waals surface area contributed by atoms with Crippen molar-refractivity contribution in [3.63, 3.8) is 0 Å². The van der Waals surface area contributed by atoms with Crippen LogP contribution >= 0.6 is 35.0 Å². The van der Waals surface area contributed by atoms with Crippen molar-refractivity contribution in [2.45, 2.75) is 6.61 Å². The number of rotatable bonds is 5. The van der Waals surface area contributed by atoms with E-state index in [1.165, 1.54) is 0 Å². The summed E-state index contributed by atoms with van der Waals surface area (Å²) in [4.78, 5) is 26.8. The molecular weight excluding hydrogens is 441 g/mol. The van der Waals surface area contributed by atoms with E-state index in [0.717, 1.165) is 22.2 Å². The molecule has 1 heterocycles. The fourth-order valence-electron chi connectivity index (χ4n) is 2.95. The van der Waals surface area contributed by atoms with Crippen LogP contribution in [0, 0.1) is 0 Å². The van der Waals surface area contributed by atoms with E-state index in [2.05, 4.69) is 0 Å². The second-order valence-electron chi connectivity index (χ2n) is 6.41. The molecule has 1 aliphatic rings. The van der Waals surface area contributed by atoms with E-state index < -0.39 is 5.91 Å². The van der Waals surface area contributed by atoms with Gasteiger partial charge in [-0.05, 0) is 48.2 Å². The van der Waals surface area contributed by atoms with Gasteiger partial charge >= 0.3 is 0 Å². The number of imide groups is 1. The van der Waals surface area contributed by atoms with Crippen molar-refractivity contribution in [2.75, 3.05) is 4.90 Å². The first kappa shape index (κ1) is 20.5. The molecule has 7 heteroatoms. The summed E-state index contributed by atoms with van der Waals surface area (Å²) in [6.07, 6.45) is 1.66. The molecule has 0 saturated carbocycles. The van der Waals surface area contributed by atoms with Gasteiger partial charge in [0.05, 0.1) is 10.6 Å². The summed E-state index contributed by atoms with van der Waals surface area (Å²) >= 11 is 13.1. The zero-order valence-corrected chi connectivity index (χ0v) is 17.9. The lowest BCUT2D eigenvalue weighted by Gasteiger charge is -2.12. The number of hydrogen-bond donors (Lipinski definition) is 0. The lowest BCUT2D eigenvalue weighted by atomic mass is 10.1. The van der Waals surface area contributed by atoms with E-state index in [0.29, 0.717) is 32.0 Å². The lowest BCUT2D eigenvalue weighted by Crippen LogP contribution is -2.27. The van der Waals surface area contributed by atoms with Crippen molar-refractivity contribution in [2.24, 2.45) is 0 Å². The van der Waals surface area contributed by atoms with E-state index in [1.807, 2.05) is 42.5 Å². The number of hydrogen-bond acceptors (Lipinski definition) is 4. The number of carbonyl (C=O) groups excluding carboxylic acids is 2. The molecule has 0 aliphatic carbocycles. The SMILES string of the molecule is O=C1S/C(=C\c2ccccc2OCc2ccccc2Cl)C(=O)N1c1cccc(Cl)c1. The minimum Gasteiger partial charge on any atom is -0.488 e. The van der Waals surface area contributed by atoms with Gasteiger partial charge in [0.25, 0.3) is 11.1 Å². The number of halogens is 2. The molecule has 1 saturated heterocycles. The number of nitrogens with zero attached hydrogens (tertiary/aromatic N) is 1. The molecule has 150 valence electrons. The molecule has 0 unspecified atom stereocenters. The maximum absolute atomic E-state index is 12.9. The van der Waals surface area contributed by atoms with Gasteiger partial charge in [-0.3, -0.25) is 9.59 Å². The first-order valence-corrected chi connectivity index (χ1v) is 10.6. The predicted molar refractivity (Wildman–Crippen MR) is 122 cm³/mol. The Balaban J connectivity index is 1.59. The number of benzene rings is 3. The smallest absolute Gasteiger partial charge is 0.298 e. The Hall–Kier alpha value is -2.73. The predicted octanol–water partition coefficient (Wildman–Crippen LogP) is 6.81. The van der Waals surface area contributed by atoms with Crippen LogP contribution in [0.1, 0.15) is 11.1 Å². The summed E-state index contributed by atoms with van der Waals surface area (Å²) in [5.74, 6) is 0.195. The maximum Gasteiger partial charge on any atom is 0.298 e. The van der Waals surface area contributed by atoms with Crippen LogP contribution in [-0.4, -0.2) is 11.1 Å². The summed E-state index contributed by atoms with van der Waals surface area (Å²) in [6.45, 7) is 0.286. The van der Waals surface area contributed by atoms with Crippen molar-refractivity contribution >= 4 is 57.9 Å². The Kier molecular flexibility index (Phi) is 6.13. The van der Waals surface area contributed by atoms with Crippen LogP contribution in [0.4, 0.5) is 10.5 Å². The largest absolute Gasteiger partial charge is 0.488 e. The normalized spacial score (nSPS) is 15.1. The quantitative estimate of drug-likeness (QED) is 0.396. The van der Waals surface area contributed by atoms with Gasteiger partial charge in [-0.2, -0.15) is 0 Å². The number of ether oxygens (including phenoxy) is 1. The first-order chi connectivity index (χ1) is 14.5. The van der Waals surface area contributed by atoms with Crippen molar-refractivity contribution in [3.05, 3.63) is 98.9 Å². The summed E-state index contributed by atoms with van der Waals surface area (Å²) in [7, 11) is 0. The minimum absolute atomic E-state index is 0.286. The van der Waals surface area contributed by atoms with Crippen LogP contribution in [0.2, 0.25) is 10.0 Å². The average molecular weight is 456 g/mol. The second-order valence-corrected chi connectivity index (χ2v) is 8.25. The van der Waals surface area contributed by atoms with Crippen molar-refractivity contribution in [1.82, 2.24) is 0 Å². The fraction of sp³-hybridized carbons (Fsp3) is 0.0435. The molecule has 0 atom stereocenters. The van der Waals surface area contributed by atoms with Gasteiger partial charge in [0.1, 0.15) is 12.4 Å². The van der Waals surface area contributed by atoms with Gasteiger partial charge in [-0.1, -0.05) is 65.7 Å². The molecule has 0 radical (unpaired) electrons. The second kappa shape index (κ2) is 8.96. The van der Waals surface area contributed by atoms with E-state index >= 15 is 0 Å². The molecule has 0 aromatic heterocycles. The first-order valence-electron chi connectivity index (χ1n) is 9.02. The summed E-state index contributed by atoms with van der Waals surface area (Å²) in [6, 6.07) is 21.4. The van der Waals surface area contributed by atoms with E-state index in [9.17, 15) is 9.59 Å². The Morgan fingerprint density at radius 3 is 2.50 bits per heavy atom. The van der Waals surface area contributed by atoms with Crippen LogP contribution in [0.15, 0.2) is 77.7 Å². The third-order valence-corrected chi connectivity index (χ3v) is 5.88. The monoisotopic (exact) mass is 455 g/mol. The molecular formula is C23H15Cl2NO3S. The molecule has 4 rings (SSSR count). The molecule has 1 aliphatic heterocycles. The Morgan fingerprint density at radius 1 is 0.933 bits per heavy atom. The number of anilines is 1. The zero-order valence-electron chi connectivity index (χ0n) is 15.5. The maximum atomic E-state index is 12.9. The van der Waals surface area contributed by atoms with E-state index in [-0.39, 0.29) is 11.8 Å². The number of amides is 2. The van der Waals surface area contributed by atoms with Crippen molar-refractivity contribution in [3.8, 4) is 5.75 Å². The van der Waals surface area contributed by atoms with Gasteiger partial charge in [-0.25, -0.2) is 4.90 Å². The third kappa shape index (κ3) is 4.38.